The van der Waals surface area contributed by atoms with Gasteiger partial charge in [0, 0.05) is 24.5 Å². The van der Waals surface area contributed by atoms with Gasteiger partial charge >= 0.3 is 0 Å². The number of nitrogens with one attached hydrogen (secondary N) is 2. The second kappa shape index (κ2) is 10.3. The van der Waals surface area contributed by atoms with Crippen LogP contribution in [0.2, 0.25) is 0 Å². The summed E-state index contributed by atoms with van der Waals surface area (Å²) in [6.45, 7) is 7.53. The first-order valence-electron chi connectivity index (χ1n) is 11.1. The lowest BCUT2D eigenvalue weighted by atomic mass is 9.94. The molecule has 1 saturated heterocycles. The Bertz CT molecular complexity index is 881. The van der Waals surface area contributed by atoms with Gasteiger partial charge in [0.1, 0.15) is 11.3 Å². The molecule has 2 aromatic carbocycles. The van der Waals surface area contributed by atoms with Crippen LogP contribution < -0.4 is 20.3 Å². The number of amides is 2. The first kappa shape index (κ1) is 22.7. The van der Waals surface area contributed by atoms with Crippen molar-refractivity contribution in [1.82, 2.24) is 5.32 Å². The maximum atomic E-state index is 13.2. The fourth-order valence-corrected chi connectivity index (χ4v) is 3.89. The van der Waals surface area contributed by atoms with E-state index in [2.05, 4.69) is 21.6 Å². The first-order chi connectivity index (χ1) is 14.9. The Morgan fingerprint density at radius 1 is 1.10 bits per heavy atom. The van der Waals surface area contributed by atoms with E-state index in [1.807, 2.05) is 43.3 Å². The predicted molar refractivity (Wildman–Crippen MR) is 125 cm³/mol. The van der Waals surface area contributed by atoms with Gasteiger partial charge in [-0.3, -0.25) is 9.59 Å². The Morgan fingerprint density at radius 2 is 1.81 bits per heavy atom. The minimum atomic E-state index is -1.04. The molecule has 6 heteroatoms. The van der Waals surface area contributed by atoms with Gasteiger partial charge in [0.2, 0.25) is 5.91 Å². The molecular weight excluding hydrogens is 390 g/mol. The number of hydrogen-bond acceptors (Lipinski definition) is 4. The fraction of sp³-hybridized carbons (Fsp3) is 0.440. The lowest BCUT2D eigenvalue weighted by Gasteiger charge is -2.31. The Labute approximate surface area is 185 Å². The molecule has 0 aliphatic carbocycles. The first-order valence-corrected chi connectivity index (χ1v) is 11.1. The third-order valence-corrected chi connectivity index (χ3v) is 5.65. The van der Waals surface area contributed by atoms with Crippen LogP contribution in [0.25, 0.3) is 0 Å². The van der Waals surface area contributed by atoms with Crippen LogP contribution in [0.1, 0.15) is 46.5 Å². The quantitative estimate of drug-likeness (QED) is 0.628. The van der Waals surface area contributed by atoms with E-state index in [4.69, 9.17) is 4.74 Å². The number of anilines is 2. The summed E-state index contributed by atoms with van der Waals surface area (Å²) in [5, 5.41) is 5.92. The molecule has 1 aliphatic heterocycles. The Kier molecular flexibility index (Phi) is 7.55. The van der Waals surface area contributed by atoms with E-state index in [0.717, 1.165) is 30.9 Å². The molecule has 2 aromatic rings. The molecule has 31 heavy (non-hydrogen) atoms. The number of carbonyl (C=O) groups excluding carboxylic acids is 2. The molecule has 0 bridgehead atoms. The minimum absolute atomic E-state index is 0.229. The van der Waals surface area contributed by atoms with Gasteiger partial charge in [-0.15, -0.1) is 0 Å². The molecule has 3 rings (SSSR count). The summed E-state index contributed by atoms with van der Waals surface area (Å²) in [4.78, 5) is 28.3. The molecule has 1 aliphatic rings. The zero-order valence-electron chi connectivity index (χ0n) is 18.7. The van der Waals surface area contributed by atoms with Crippen molar-refractivity contribution in [1.29, 1.82) is 0 Å². The summed E-state index contributed by atoms with van der Waals surface area (Å²) in [6.07, 6.45) is 2.95. The Hall–Kier alpha value is -3.02. The molecule has 1 fully saturated rings. The minimum Gasteiger partial charge on any atom is -0.481 e. The monoisotopic (exact) mass is 423 g/mol. The number of nitrogens with zero attached hydrogens (tertiary/aromatic N) is 1. The molecule has 2 atom stereocenters. The van der Waals surface area contributed by atoms with Gasteiger partial charge < -0.3 is 20.3 Å². The SMILES string of the molecule is CCC[C@@](C)(NC(=O)[C@H](C)Oc1ccccc1)C(=O)Nc1cccc(N2CCCC2)c1. The highest BCUT2D eigenvalue weighted by atomic mass is 16.5. The molecule has 6 nitrogen and oxygen atoms in total. The summed E-state index contributed by atoms with van der Waals surface area (Å²) >= 11 is 0. The molecule has 0 aromatic heterocycles. The van der Waals surface area contributed by atoms with E-state index in [9.17, 15) is 9.59 Å². The standard InChI is InChI=1S/C25H33N3O3/c1-4-15-25(3,27-23(29)19(2)31-22-13-6-5-7-14-22)24(30)26-20-11-10-12-21(18-20)28-16-8-9-17-28/h5-7,10-14,18-19H,4,8-9,15-17H2,1-3H3,(H,26,30)(H,27,29)/t19-,25+/m0/s1. The molecule has 0 saturated carbocycles. The van der Waals surface area contributed by atoms with E-state index >= 15 is 0 Å². The second-order valence-electron chi connectivity index (χ2n) is 8.34. The van der Waals surface area contributed by atoms with Crippen molar-refractivity contribution in [2.75, 3.05) is 23.3 Å². The highest BCUT2D eigenvalue weighted by molar-refractivity contribution is 6.01. The number of hydrogen-bond donors (Lipinski definition) is 2. The molecule has 2 amide bonds. The van der Waals surface area contributed by atoms with Crippen LogP contribution in [0.5, 0.6) is 5.75 Å². The number of benzene rings is 2. The largest absolute Gasteiger partial charge is 0.481 e. The van der Waals surface area contributed by atoms with Crippen molar-refractivity contribution < 1.29 is 14.3 Å². The normalized spacial score (nSPS) is 16.3. The highest BCUT2D eigenvalue weighted by Gasteiger charge is 2.35. The van der Waals surface area contributed by atoms with Crippen molar-refractivity contribution in [2.45, 2.75) is 58.1 Å². The van der Waals surface area contributed by atoms with Crippen LogP contribution in [0.4, 0.5) is 11.4 Å². The van der Waals surface area contributed by atoms with Crippen molar-refractivity contribution in [3.63, 3.8) is 0 Å². The molecular formula is C25H33N3O3. The molecule has 2 N–H and O–H groups in total. The summed E-state index contributed by atoms with van der Waals surface area (Å²) in [6, 6.07) is 17.1. The zero-order valence-corrected chi connectivity index (χ0v) is 18.7. The molecule has 0 unspecified atom stereocenters. The summed E-state index contributed by atoms with van der Waals surface area (Å²) in [5.74, 6) is 0.0690. The van der Waals surface area contributed by atoms with Crippen LogP contribution >= 0.6 is 0 Å². The van der Waals surface area contributed by atoms with Gasteiger partial charge in [0.25, 0.3) is 5.91 Å². The Balaban J connectivity index is 1.67. The smallest absolute Gasteiger partial charge is 0.261 e. The molecule has 0 spiro atoms. The number of para-hydroxylation sites is 1. The summed E-state index contributed by atoms with van der Waals surface area (Å²) in [7, 11) is 0. The van der Waals surface area contributed by atoms with Crippen LogP contribution in [-0.2, 0) is 9.59 Å². The average molecular weight is 424 g/mol. The molecule has 1 heterocycles. The topological polar surface area (TPSA) is 70.7 Å². The van der Waals surface area contributed by atoms with Crippen LogP contribution in [0, 0.1) is 0 Å². The van der Waals surface area contributed by atoms with Crippen molar-refractivity contribution in [2.24, 2.45) is 0 Å². The number of ether oxygens (including phenoxy) is 1. The van der Waals surface area contributed by atoms with Crippen LogP contribution in [0.3, 0.4) is 0 Å². The van der Waals surface area contributed by atoms with E-state index < -0.39 is 11.6 Å². The van der Waals surface area contributed by atoms with Gasteiger partial charge in [0.15, 0.2) is 6.10 Å². The van der Waals surface area contributed by atoms with Crippen LogP contribution in [-0.4, -0.2) is 36.5 Å². The van der Waals surface area contributed by atoms with Gasteiger partial charge in [-0.1, -0.05) is 37.6 Å². The lowest BCUT2D eigenvalue weighted by Crippen LogP contribution is -2.57. The zero-order chi connectivity index (χ0) is 22.3. The van der Waals surface area contributed by atoms with Gasteiger partial charge in [-0.2, -0.15) is 0 Å². The highest BCUT2D eigenvalue weighted by Crippen LogP contribution is 2.24. The maximum Gasteiger partial charge on any atom is 0.261 e. The fourth-order valence-electron chi connectivity index (χ4n) is 3.89. The van der Waals surface area contributed by atoms with E-state index in [-0.39, 0.29) is 11.8 Å². The van der Waals surface area contributed by atoms with Gasteiger partial charge in [-0.25, -0.2) is 0 Å². The molecule has 166 valence electrons. The van der Waals surface area contributed by atoms with Gasteiger partial charge in [0.05, 0.1) is 0 Å². The van der Waals surface area contributed by atoms with E-state index in [1.54, 1.807) is 26.0 Å². The predicted octanol–water partition coefficient (Wildman–Crippen LogP) is 4.37. The maximum absolute atomic E-state index is 13.2. The number of carbonyl (C=O) groups is 2. The van der Waals surface area contributed by atoms with Gasteiger partial charge in [-0.05, 0) is 63.4 Å². The van der Waals surface area contributed by atoms with Crippen molar-refractivity contribution in [3.8, 4) is 5.75 Å². The average Bonchev–Trinajstić information content (AvgIpc) is 3.30. The third-order valence-electron chi connectivity index (χ3n) is 5.65. The van der Waals surface area contributed by atoms with Crippen molar-refractivity contribution >= 4 is 23.2 Å². The summed E-state index contributed by atoms with van der Waals surface area (Å²) in [5.41, 5.74) is 0.810. The van der Waals surface area contributed by atoms with Crippen LogP contribution in [0.15, 0.2) is 54.6 Å². The van der Waals surface area contributed by atoms with Crippen molar-refractivity contribution in [3.05, 3.63) is 54.6 Å². The third kappa shape index (κ3) is 6.00. The van der Waals surface area contributed by atoms with E-state index in [0.29, 0.717) is 12.2 Å². The molecule has 0 radical (unpaired) electrons. The lowest BCUT2D eigenvalue weighted by molar-refractivity contribution is -0.134. The second-order valence-corrected chi connectivity index (χ2v) is 8.34. The van der Waals surface area contributed by atoms with E-state index in [1.165, 1.54) is 12.8 Å². The Morgan fingerprint density at radius 3 is 2.48 bits per heavy atom. The number of rotatable bonds is 9. The summed E-state index contributed by atoms with van der Waals surface area (Å²) < 4.78 is 5.72.